The van der Waals surface area contributed by atoms with Gasteiger partial charge >= 0.3 is 0 Å². The van der Waals surface area contributed by atoms with Crippen molar-refractivity contribution in [3.8, 4) is 11.1 Å². The van der Waals surface area contributed by atoms with Crippen molar-refractivity contribution in [3.05, 3.63) is 42.1 Å². The number of ether oxygens (including phenoxy) is 3. The summed E-state index contributed by atoms with van der Waals surface area (Å²) in [5.41, 5.74) is 0.771. The van der Waals surface area contributed by atoms with Gasteiger partial charge < -0.3 is 30.2 Å². The quantitative estimate of drug-likeness (QED) is 0.386. The van der Waals surface area contributed by atoms with Crippen LogP contribution in [0.2, 0.25) is 0 Å². The van der Waals surface area contributed by atoms with Crippen LogP contribution < -0.4 is 16.0 Å². The highest BCUT2D eigenvalue weighted by Gasteiger charge is 2.32. The summed E-state index contributed by atoms with van der Waals surface area (Å²) in [6, 6.07) is 7.02. The third-order valence-electron chi connectivity index (χ3n) is 7.38. The average Bonchev–Trinajstić information content (AvgIpc) is 2.91. The smallest absolute Gasteiger partial charge is 0.149 e. The maximum atomic E-state index is 14.8. The zero-order chi connectivity index (χ0) is 25.4. The number of anilines is 2. The highest BCUT2D eigenvalue weighted by atomic mass is 19.1. The Bertz CT molecular complexity index is 979. The molecule has 0 atom stereocenters. The Labute approximate surface area is 212 Å². The predicted molar refractivity (Wildman–Crippen MR) is 137 cm³/mol. The second kappa shape index (κ2) is 12.8. The van der Waals surface area contributed by atoms with E-state index < -0.39 is 11.6 Å². The lowest BCUT2D eigenvalue weighted by Crippen LogP contribution is -2.44. The van der Waals surface area contributed by atoms with E-state index in [0.29, 0.717) is 43.9 Å². The Hall–Kier alpha value is -2.33. The summed E-state index contributed by atoms with van der Waals surface area (Å²) in [5.74, 6) is -0.479. The van der Waals surface area contributed by atoms with Gasteiger partial charge in [-0.25, -0.2) is 13.8 Å². The van der Waals surface area contributed by atoms with Gasteiger partial charge in [0, 0.05) is 82.3 Å². The van der Waals surface area contributed by atoms with Gasteiger partial charge in [0.2, 0.25) is 0 Å². The number of methoxy groups -OCH3 is 2. The molecule has 1 saturated heterocycles. The molecule has 198 valence electrons. The van der Waals surface area contributed by atoms with Crippen LogP contribution >= 0.6 is 0 Å². The molecule has 7 nitrogen and oxygen atoms in total. The predicted octanol–water partition coefficient (Wildman–Crippen LogP) is 4.59. The van der Waals surface area contributed by atoms with Crippen molar-refractivity contribution in [1.82, 2.24) is 10.3 Å². The van der Waals surface area contributed by atoms with Crippen LogP contribution in [0.25, 0.3) is 11.1 Å². The number of benzene rings is 1. The molecule has 2 heterocycles. The fourth-order valence-corrected chi connectivity index (χ4v) is 5.04. The number of nitrogens with zero attached hydrogens (tertiary/aromatic N) is 1. The molecule has 0 amide bonds. The summed E-state index contributed by atoms with van der Waals surface area (Å²) < 4.78 is 46.0. The van der Waals surface area contributed by atoms with Crippen LogP contribution in [0.5, 0.6) is 0 Å². The van der Waals surface area contributed by atoms with Crippen molar-refractivity contribution in [2.24, 2.45) is 0 Å². The van der Waals surface area contributed by atoms with Crippen molar-refractivity contribution >= 4 is 11.5 Å². The van der Waals surface area contributed by atoms with E-state index in [1.54, 1.807) is 32.4 Å². The lowest BCUT2D eigenvalue weighted by molar-refractivity contribution is -0.0807. The number of aromatic nitrogens is 1. The van der Waals surface area contributed by atoms with Gasteiger partial charge in [-0.2, -0.15) is 0 Å². The third-order valence-corrected chi connectivity index (χ3v) is 7.38. The van der Waals surface area contributed by atoms with E-state index in [1.807, 2.05) is 0 Å². The van der Waals surface area contributed by atoms with Crippen LogP contribution in [0.4, 0.5) is 20.3 Å². The Morgan fingerprint density at radius 3 is 2.44 bits per heavy atom. The highest BCUT2D eigenvalue weighted by Crippen LogP contribution is 2.32. The van der Waals surface area contributed by atoms with Crippen molar-refractivity contribution in [3.63, 3.8) is 0 Å². The minimum atomic E-state index is -0.555. The van der Waals surface area contributed by atoms with Crippen molar-refractivity contribution in [2.45, 2.75) is 56.2 Å². The summed E-state index contributed by atoms with van der Waals surface area (Å²) in [4.78, 5) is 4.22. The number of nitrogens with one attached hydrogen (secondary N) is 3. The Morgan fingerprint density at radius 1 is 1.00 bits per heavy atom. The molecule has 2 aromatic rings. The molecule has 3 N–H and O–H groups in total. The van der Waals surface area contributed by atoms with Gasteiger partial charge in [-0.15, -0.1) is 0 Å². The molecule has 1 saturated carbocycles. The summed E-state index contributed by atoms with van der Waals surface area (Å²) in [6.07, 6.45) is 6.79. The van der Waals surface area contributed by atoms with Crippen LogP contribution in [0.3, 0.4) is 0 Å². The highest BCUT2D eigenvalue weighted by molar-refractivity contribution is 5.71. The van der Waals surface area contributed by atoms with Crippen LogP contribution in [-0.4, -0.2) is 69.8 Å². The zero-order valence-corrected chi connectivity index (χ0v) is 21.2. The van der Waals surface area contributed by atoms with Gasteiger partial charge in [0.15, 0.2) is 0 Å². The molecule has 0 unspecified atom stereocenters. The van der Waals surface area contributed by atoms with Gasteiger partial charge in [-0.1, -0.05) is 0 Å². The van der Waals surface area contributed by atoms with Crippen LogP contribution in [0.1, 0.15) is 38.5 Å². The van der Waals surface area contributed by atoms with E-state index >= 15 is 0 Å². The van der Waals surface area contributed by atoms with E-state index in [-0.39, 0.29) is 22.8 Å². The first-order valence-electron chi connectivity index (χ1n) is 12.8. The summed E-state index contributed by atoms with van der Waals surface area (Å²) in [6.45, 7) is 3.41. The topological polar surface area (TPSA) is 76.7 Å². The van der Waals surface area contributed by atoms with Crippen LogP contribution in [0.15, 0.2) is 30.5 Å². The lowest BCUT2D eigenvalue weighted by Gasteiger charge is -2.36. The van der Waals surface area contributed by atoms with Crippen molar-refractivity contribution in [1.29, 1.82) is 0 Å². The van der Waals surface area contributed by atoms with Gasteiger partial charge in [-0.3, -0.25) is 0 Å². The Kier molecular flexibility index (Phi) is 9.47. The molecule has 36 heavy (non-hydrogen) atoms. The molecule has 1 aromatic carbocycles. The monoisotopic (exact) mass is 504 g/mol. The molecule has 2 aliphatic rings. The minimum absolute atomic E-state index is 0.191. The average molecular weight is 505 g/mol. The van der Waals surface area contributed by atoms with E-state index in [9.17, 15) is 8.78 Å². The van der Waals surface area contributed by atoms with Gasteiger partial charge in [-0.05, 0) is 49.9 Å². The Balaban J connectivity index is 1.41. The molecule has 1 aliphatic heterocycles. The van der Waals surface area contributed by atoms with Gasteiger partial charge in [0.1, 0.15) is 17.5 Å². The number of pyridine rings is 1. The number of rotatable bonds is 11. The first-order valence-corrected chi connectivity index (χ1v) is 12.8. The van der Waals surface area contributed by atoms with Crippen LogP contribution in [-0.2, 0) is 14.2 Å². The lowest BCUT2D eigenvalue weighted by atomic mass is 9.91. The fraction of sp³-hybridized carbons (Fsp3) is 0.593. The van der Waals surface area contributed by atoms with E-state index in [1.165, 1.54) is 6.07 Å². The molecule has 2 fully saturated rings. The largest absolute Gasteiger partial charge is 0.383 e. The Morgan fingerprint density at radius 2 is 1.72 bits per heavy atom. The van der Waals surface area contributed by atoms with E-state index in [2.05, 4.69) is 20.9 Å². The molecular formula is C27H38F2N4O3. The second-order valence-corrected chi connectivity index (χ2v) is 9.74. The molecule has 1 aromatic heterocycles. The normalized spacial score (nSPS) is 21.8. The first kappa shape index (κ1) is 26.7. The molecule has 1 aliphatic carbocycles. The van der Waals surface area contributed by atoms with E-state index in [4.69, 9.17) is 14.2 Å². The number of halogens is 2. The maximum Gasteiger partial charge on any atom is 0.149 e. The molecule has 9 heteroatoms. The fourth-order valence-electron chi connectivity index (χ4n) is 5.04. The second-order valence-electron chi connectivity index (χ2n) is 9.74. The molecule has 0 spiro atoms. The first-order chi connectivity index (χ1) is 17.5. The zero-order valence-electron chi connectivity index (χ0n) is 21.2. The van der Waals surface area contributed by atoms with Gasteiger partial charge in [0.05, 0.1) is 18.4 Å². The van der Waals surface area contributed by atoms with Crippen LogP contribution in [0, 0.1) is 11.6 Å². The van der Waals surface area contributed by atoms with Crippen molar-refractivity contribution < 1.29 is 23.0 Å². The molecule has 0 bridgehead atoms. The summed E-state index contributed by atoms with van der Waals surface area (Å²) in [5, 5.41) is 10.3. The SMILES string of the molecule is COCCNC1CCC(Nc2cc(-c3cc(NCC4(OC)CCOCC4)ccc3F)c(F)cn2)CC1. The number of hydrogen-bond acceptors (Lipinski definition) is 7. The molecule has 0 radical (unpaired) electrons. The standard InChI is InChI=1S/C27H38F2N4O3/c1-34-14-11-30-19-3-5-20(6-4-19)33-26-16-23(25(29)17-31-26)22-15-21(7-8-24(22)28)32-18-27(35-2)9-12-36-13-10-27/h7-8,15-17,19-20,30,32H,3-6,9-14,18H2,1-2H3,(H,31,33). The summed E-state index contributed by atoms with van der Waals surface area (Å²) >= 11 is 0. The summed E-state index contributed by atoms with van der Waals surface area (Å²) in [7, 11) is 3.41. The maximum absolute atomic E-state index is 14.8. The van der Waals surface area contributed by atoms with E-state index in [0.717, 1.165) is 51.3 Å². The van der Waals surface area contributed by atoms with Gasteiger partial charge in [0.25, 0.3) is 0 Å². The molecular weight excluding hydrogens is 466 g/mol. The van der Waals surface area contributed by atoms with Crippen molar-refractivity contribution in [2.75, 3.05) is 57.8 Å². The third kappa shape index (κ3) is 6.91. The minimum Gasteiger partial charge on any atom is -0.383 e. The molecule has 4 rings (SSSR count). The number of hydrogen-bond donors (Lipinski definition) is 3.